The molecule has 0 radical (unpaired) electrons. The molecule has 0 heterocycles. The molecule has 0 aliphatic carbocycles. The zero-order chi connectivity index (χ0) is 12.5. The van der Waals surface area contributed by atoms with Gasteiger partial charge in [-0.25, -0.2) is 4.79 Å². The normalized spacial score (nSPS) is 10.0. The van der Waals surface area contributed by atoms with Gasteiger partial charge in [0.05, 0.1) is 6.61 Å². The van der Waals surface area contributed by atoms with Crippen LogP contribution in [-0.4, -0.2) is 30.7 Å². The highest BCUT2D eigenvalue weighted by Crippen LogP contribution is 2.06. The van der Waals surface area contributed by atoms with Gasteiger partial charge in [-0.3, -0.25) is 0 Å². The van der Waals surface area contributed by atoms with E-state index in [-0.39, 0.29) is 6.09 Å². The number of ether oxygens (including phenoxy) is 1. The summed E-state index contributed by atoms with van der Waals surface area (Å²) in [5.74, 6) is 0. The van der Waals surface area contributed by atoms with Gasteiger partial charge in [0.1, 0.15) is 0 Å². The van der Waals surface area contributed by atoms with E-state index in [1.165, 1.54) is 0 Å². The smallest absolute Gasteiger partial charge is 0.410 e. The quantitative estimate of drug-likeness (QED) is 0.821. The van der Waals surface area contributed by atoms with Crippen molar-refractivity contribution in [3.63, 3.8) is 0 Å². The molecule has 2 N–H and O–H groups in total. The average molecular weight is 236 g/mol. The van der Waals surface area contributed by atoms with E-state index in [2.05, 4.69) is 0 Å². The van der Waals surface area contributed by atoms with Gasteiger partial charge >= 0.3 is 6.09 Å². The molecule has 1 rings (SSSR count). The lowest BCUT2D eigenvalue weighted by Gasteiger charge is -2.21. The highest BCUT2D eigenvalue weighted by Gasteiger charge is 2.13. The predicted molar refractivity (Wildman–Crippen MR) is 67.5 cm³/mol. The van der Waals surface area contributed by atoms with Crippen LogP contribution in [0.2, 0.25) is 0 Å². The third kappa shape index (κ3) is 4.87. The molecular formula is C13H20N2O2. The van der Waals surface area contributed by atoms with Crippen LogP contribution >= 0.6 is 0 Å². The first-order valence-electron chi connectivity index (χ1n) is 5.93. The van der Waals surface area contributed by atoms with Gasteiger partial charge in [-0.2, -0.15) is 0 Å². The van der Waals surface area contributed by atoms with Gasteiger partial charge in [0.25, 0.3) is 0 Å². The van der Waals surface area contributed by atoms with Gasteiger partial charge < -0.3 is 15.4 Å². The van der Waals surface area contributed by atoms with Crippen LogP contribution in [0.15, 0.2) is 30.3 Å². The molecule has 17 heavy (non-hydrogen) atoms. The highest BCUT2D eigenvalue weighted by atomic mass is 16.6. The van der Waals surface area contributed by atoms with Crippen molar-refractivity contribution in [2.75, 3.05) is 19.7 Å². The maximum Gasteiger partial charge on any atom is 0.410 e. The topological polar surface area (TPSA) is 55.6 Å². The Morgan fingerprint density at radius 2 is 2.06 bits per heavy atom. The lowest BCUT2D eigenvalue weighted by Crippen LogP contribution is -2.33. The summed E-state index contributed by atoms with van der Waals surface area (Å²) in [6.07, 6.45) is 0.510. The number of hydrogen-bond acceptors (Lipinski definition) is 3. The minimum atomic E-state index is -0.273. The monoisotopic (exact) mass is 236 g/mol. The zero-order valence-electron chi connectivity index (χ0n) is 10.3. The Hall–Kier alpha value is -1.55. The van der Waals surface area contributed by atoms with Crippen molar-refractivity contribution in [3.05, 3.63) is 35.9 Å². The standard InChI is InChI=1S/C13H20N2O2/c1-2-17-13(16)15(10-6-9-14)11-12-7-4-3-5-8-12/h3-5,7-8H,2,6,9-11,14H2,1H3. The fourth-order valence-electron chi connectivity index (χ4n) is 1.54. The Morgan fingerprint density at radius 3 is 2.65 bits per heavy atom. The van der Waals surface area contributed by atoms with Crippen molar-refractivity contribution < 1.29 is 9.53 Å². The predicted octanol–water partition coefficient (Wildman–Crippen LogP) is 1.99. The number of amides is 1. The molecule has 0 aromatic heterocycles. The molecule has 0 saturated heterocycles. The minimum absolute atomic E-state index is 0.273. The summed E-state index contributed by atoms with van der Waals surface area (Å²) in [7, 11) is 0. The van der Waals surface area contributed by atoms with E-state index in [1.807, 2.05) is 37.3 Å². The van der Waals surface area contributed by atoms with E-state index in [0.717, 1.165) is 12.0 Å². The van der Waals surface area contributed by atoms with Crippen molar-refractivity contribution >= 4 is 6.09 Å². The molecule has 94 valence electrons. The second kappa shape index (κ2) is 7.68. The fraction of sp³-hybridized carbons (Fsp3) is 0.462. The SMILES string of the molecule is CCOC(=O)N(CCCN)Cc1ccccc1. The first-order chi connectivity index (χ1) is 8.27. The molecule has 0 saturated carbocycles. The lowest BCUT2D eigenvalue weighted by atomic mass is 10.2. The number of nitrogens with zero attached hydrogens (tertiary/aromatic N) is 1. The van der Waals surface area contributed by atoms with E-state index in [9.17, 15) is 4.79 Å². The Morgan fingerprint density at radius 1 is 1.35 bits per heavy atom. The van der Waals surface area contributed by atoms with Gasteiger partial charge in [-0.15, -0.1) is 0 Å². The van der Waals surface area contributed by atoms with Gasteiger partial charge in [0.2, 0.25) is 0 Å². The van der Waals surface area contributed by atoms with E-state index < -0.39 is 0 Å². The van der Waals surface area contributed by atoms with Crippen LogP contribution < -0.4 is 5.73 Å². The van der Waals surface area contributed by atoms with Crippen molar-refractivity contribution in [3.8, 4) is 0 Å². The van der Waals surface area contributed by atoms with Gasteiger partial charge in [-0.1, -0.05) is 30.3 Å². The van der Waals surface area contributed by atoms with E-state index in [0.29, 0.717) is 26.2 Å². The molecule has 0 unspecified atom stereocenters. The molecule has 0 aliphatic heterocycles. The molecule has 4 nitrogen and oxygen atoms in total. The first kappa shape index (κ1) is 13.5. The summed E-state index contributed by atoms with van der Waals surface area (Å²) >= 11 is 0. The summed E-state index contributed by atoms with van der Waals surface area (Å²) in [4.78, 5) is 13.4. The number of carbonyl (C=O) groups excluding carboxylic acids is 1. The van der Waals surface area contributed by atoms with Crippen LogP contribution in [0, 0.1) is 0 Å². The van der Waals surface area contributed by atoms with Gasteiger partial charge in [0.15, 0.2) is 0 Å². The number of rotatable bonds is 6. The summed E-state index contributed by atoms with van der Waals surface area (Å²) in [6, 6.07) is 9.87. The minimum Gasteiger partial charge on any atom is -0.450 e. The number of nitrogens with two attached hydrogens (primary N) is 1. The second-order valence-corrected chi connectivity index (χ2v) is 3.75. The molecule has 0 fully saturated rings. The Kier molecular flexibility index (Phi) is 6.10. The van der Waals surface area contributed by atoms with Crippen LogP contribution in [0.1, 0.15) is 18.9 Å². The third-order valence-corrected chi connectivity index (χ3v) is 2.37. The van der Waals surface area contributed by atoms with Crippen molar-refractivity contribution in [1.82, 2.24) is 4.90 Å². The highest BCUT2D eigenvalue weighted by molar-refractivity contribution is 5.67. The van der Waals surface area contributed by atoms with E-state index in [4.69, 9.17) is 10.5 Å². The Bertz CT molecular complexity index is 327. The number of hydrogen-bond donors (Lipinski definition) is 1. The molecule has 1 aromatic rings. The fourth-order valence-corrected chi connectivity index (χ4v) is 1.54. The number of carbonyl (C=O) groups is 1. The molecule has 0 bridgehead atoms. The summed E-state index contributed by atoms with van der Waals surface area (Å²) in [6.45, 7) is 3.98. The van der Waals surface area contributed by atoms with Gasteiger partial charge in [-0.05, 0) is 25.5 Å². The van der Waals surface area contributed by atoms with Crippen LogP contribution in [0.25, 0.3) is 0 Å². The lowest BCUT2D eigenvalue weighted by molar-refractivity contribution is 0.104. The maximum absolute atomic E-state index is 11.7. The number of benzene rings is 1. The maximum atomic E-state index is 11.7. The van der Waals surface area contributed by atoms with Crippen molar-refractivity contribution in [2.24, 2.45) is 5.73 Å². The molecule has 0 aliphatic rings. The zero-order valence-corrected chi connectivity index (χ0v) is 10.3. The van der Waals surface area contributed by atoms with Crippen molar-refractivity contribution in [1.29, 1.82) is 0 Å². The third-order valence-electron chi connectivity index (χ3n) is 2.37. The van der Waals surface area contributed by atoms with Crippen LogP contribution in [0.3, 0.4) is 0 Å². The van der Waals surface area contributed by atoms with Crippen LogP contribution in [-0.2, 0) is 11.3 Å². The summed E-state index contributed by atoms with van der Waals surface area (Å²) in [5.41, 5.74) is 6.56. The molecule has 4 heteroatoms. The molecule has 0 atom stereocenters. The second-order valence-electron chi connectivity index (χ2n) is 3.75. The van der Waals surface area contributed by atoms with Gasteiger partial charge in [0, 0.05) is 13.1 Å². The Labute approximate surface area is 102 Å². The van der Waals surface area contributed by atoms with E-state index in [1.54, 1.807) is 4.90 Å². The molecule has 1 aromatic carbocycles. The average Bonchev–Trinajstić information content (AvgIpc) is 2.36. The molecule has 0 spiro atoms. The van der Waals surface area contributed by atoms with Crippen molar-refractivity contribution in [2.45, 2.75) is 19.9 Å². The molecule has 1 amide bonds. The largest absolute Gasteiger partial charge is 0.450 e. The molecular weight excluding hydrogens is 216 g/mol. The van der Waals surface area contributed by atoms with Crippen LogP contribution in [0.4, 0.5) is 4.79 Å². The van der Waals surface area contributed by atoms with Crippen LogP contribution in [0.5, 0.6) is 0 Å². The first-order valence-corrected chi connectivity index (χ1v) is 5.93. The van der Waals surface area contributed by atoms with E-state index >= 15 is 0 Å². The summed E-state index contributed by atoms with van der Waals surface area (Å²) in [5, 5.41) is 0. The summed E-state index contributed by atoms with van der Waals surface area (Å²) < 4.78 is 5.02. The Balaban J connectivity index is 2.59.